The zero-order valence-electron chi connectivity index (χ0n) is 12.1. The van der Waals surface area contributed by atoms with E-state index in [4.69, 9.17) is 9.47 Å². The van der Waals surface area contributed by atoms with Crippen LogP contribution in [0.15, 0.2) is 42.5 Å². The molecule has 2 aromatic carbocycles. The highest BCUT2D eigenvalue weighted by atomic mass is 16.7. The molecule has 0 aliphatic carbocycles. The predicted octanol–water partition coefficient (Wildman–Crippen LogP) is 1.40. The molecule has 1 aliphatic heterocycles. The first kappa shape index (κ1) is 15.3. The van der Waals surface area contributed by atoms with Gasteiger partial charge in [0.05, 0.1) is 4.92 Å². The number of ether oxygens (including phenoxy) is 2. The van der Waals surface area contributed by atoms with Crippen LogP contribution in [0.1, 0.15) is 20.7 Å². The zero-order chi connectivity index (χ0) is 17.1. The van der Waals surface area contributed by atoms with Crippen molar-refractivity contribution >= 4 is 17.5 Å². The van der Waals surface area contributed by atoms with Crippen molar-refractivity contribution in [2.24, 2.45) is 0 Å². The van der Waals surface area contributed by atoms with Crippen LogP contribution in [0, 0.1) is 10.1 Å². The number of carbonyl (C=O) groups is 2. The first-order valence-electron chi connectivity index (χ1n) is 6.79. The Morgan fingerprint density at radius 2 is 1.62 bits per heavy atom. The summed E-state index contributed by atoms with van der Waals surface area (Å²) in [7, 11) is 0. The molecule has 0 unspecified atom stereocenters. The summed E-state index contributed by atoms with van der Waals surface area (Å²) in [5.41, 5.74) is 4.53. The molecule has 0 spiro atoms. The van der Waals surface area contributed by atoms with Crippen molar-refractivity contribution in [3.63, 3.8) is 0 Å². The lowest BCUT2D eigenvalue weighted by molar-refractivity contribution is -0.384. The first-order valence-corrected chi connectivity index (χ1v) is 6.79. The van der Waals surface area contributed by atoms with E-state index in [1.165, 1.54) is 30.3 Å². The SMILES string of the molecule is O=C(NNC(=O)c1ccc2c(c1)OCO2)c1cccc([N+](=O)[O-])c1. The Balaban J connectivity index is 1.64. The number of nitrogens with zero attached hydrogens (tertiary/aromatic N) is 1. The van der Waals surface area contributed by atoms with Gasteiger partial charge in [0.15, 0.2) is 11.5 Å². The zero-order valence-corrected chi connectivity index (χ0v) is 12.1. The molecule has 0 bridgehead atoms. The fraction of sp³-hybridized carbons (Fsp3) is 0.0667. The average Bonchev–Trinajstić information content (AvgIpc) is 3.07. The summed E-state index contributed by atoms with van der Waals surface area (Å²) < 4.78 is 10.3. The van der Waals surface area contributed by atoms with E-state index in [9.17, 15) is 19.7 Å². The van der Waals surface area contributed by atoms with Crippen LogP contribution in [-0.2, 0) is 0 Å². The lowest BCUT2D eigenvalue weighted by atomic mass is 10.2. The van der Waals surface area contributed by atoms with Gasteiger partial charge >= 0.3 is 0 Å². The maximum Gasteiger partial charge on any atom is 0.270 e. The van der Waals surface area contributed by atoms with Crippen molar-refractivity contribution < 1.29 is 24.0 Å². The molecule has 2 aromatic rings. The Morgan fingerprint density at radius 1 is 0.958 bits per heavy atom. The highest BCUT2D eigenvalue weighted by Crippen LogP contribution is 2.32. The number of hydrazine groups is 1. The van der Waals surface area contributed by atoms with Gasteiger partial charge in [-0.2, -0.15) is 0 Å². The van der Waals surface area contributed by atoms with E-state index in [1.54, 1.807) is 6.07 Å². The number of rotatable bonds is 3. The van der Waals surface area contributed by atoms with Gasteiger partial charge in [-0.3, -0.25) is 30.6 Å². The van der Waals surface area contributed by atoms with Gasteiger partial charge in [-0.1, -0.05) is 6.07 Å². The van der Waals surface area contributed by atoms with E-state index in [-0.39, 0.29) is 23.6 Å². The van der Waals surface area contributed by atoms with Crippen LogP contribution in [0.2, 0.25) is 0 Å². The topological polar surface area (TPSA) is 120 Å². The maximum absolute atomic E-state index is 12.0. The average molecular weight is 329 g/mol. The number of benzene rings is 2. The van der Waals surface area contributed by atoms with Gasteiger partial charge in [0, 0.05) is 23.3 Å². The van der Waals surface area contributed by atoms with Crippen molar-refractivity contribution in [2.45, 2.75) is 0 Å². The number of carbonyl (C=O) groups excluding carboxylic acids is 2. The Kier molecular flexibility index (Phi) is 3.98. The minimum Gasteiger partial charge on any atom is -0.454 e. The number of non-ortho nitro benzene ring substituents is 1. The molecule has 1 aliphatic rings. The summed E-state index contributed by atoms with van der Waals surface area (Å²) >= 11 is 0. The number of amides is 2. The van der Waals surface area contributed by atoms with Crippen LogP contribution in [0.3, 0.4) is 0 Å². The molecule has 0 aromatic heterocycles. The van der Waals surface area contributed by atoms with Crippen molar-refractivity contribution in [2.75, 3.05) is 6.79 Å². The molecule has 9 nitrogen and oxygen atoms in total. The Labute approximate surface area is 135 Å². The summed E-state index contributed by atoms with van der Waals surface area (Å²) in [6.07, 6.45) is 0. The van der Waals surface area contributed by atoms with E-state index in [0.717, 1.165) is 6.07 Å². The predicted molar refractivity (Wildman–Crippen MR) is 80.6 cm³/mol. The van der Waals surface area contributed by atoms with Crippen LogP contribution in [0.5, 0.6) is 11.5 Å². The normalized spacial score (nSPS) is 11.7. The molecule has 0 saturated heterocycles. The van der Waals surface area contributed by atoms with Gasteiger partial charge in [0.25, 0.3) is 17.5 Å². The minimum atomic E-state index is -0.673. The summed E-state index contributed by atoms with van der Waals surface area (Å²) in [4.78, 5) is 34.1. The Bertz CT molecular complexity index is 836. The highest BCUT2D eigenvalue weighted by molar-refractivity contribution is 5.99. The number of nitrogens with one attached hydrogen (secondary N) is 2. The van der Waals surface area contributed by atoms with Gasteiger partial charge < -0.3 is 9.47 Å². The third-order valence-electron chi connectivity index (χ3n) is 3.24. The lowest BCUT2D eigenvalue weighted by Gasteiger charge is -2.08. The summed E-state index contributed by atoms with van der Waals surface area (Å²) in [6.45, 7) is 0.0872. The quantitative estimate of drug-likeness (QED) is 0.649. The monoisotopic (exact) mass is 329 g/mol. The van der Waals surface area contributed by atoms with E-state index < -0.39 is 16.7 Å². The van der Waals surface area contributed by atoms with Gasteiger partial charge in [0.1, 0.15) is 0 Å². The second-order valence-corrected chi connectivity index (χ2v) is 4.78. The highest BCUT2D eigenvalue weighted by Gasteiger charge is 2.17. The fourth-order valence-corrected chi connectivity index (χ4v) is 2.06. The van der Waals surface area contributed by atoms with E-state index in [1.807, 2.05) is 0 Å². The Morgan fingerprint density at radius 3 is 2.33 bits per heavy atom. The van der Waals surface area contributed by atoms with Crippen LogP contribution in [0.25, 0.3) is 0 Å². The third-order valence-corrected chi connectivity index (χ3v) is 3.24. The van der Waals surface area contributed by atoms with Crippen molar-refractivity contribution in [3.8, 4) is 11.5 Å². The molecule has 24 heavy (non-hydrogen) atoms. The molecule has 0 atom stereocenters. The largest absolute Gasteiger partial charge is 0.454 e. The molecule has 9 heteroatoms. The molecular weight excluding hydrogens is 318 g/mol. The van der Waals surface area contributed by atoms with E-state index in [0.29, 0.717) is 11.5 Å². The molecule has 0 radical (unpaired) electrons. The van der Waals surface area contributed by atoms with Crippen molar-refractivity contribution in [1.82, 2.24) is 10.9 Å². The molecule has 3 rings (SSSR count). The number of hydrogen-bond donors (Lipinski definition) is 2. The van der Waals surface area contributed by atoms with Crippen LogP contribution in [0.4, 0.5) is 5.69 Å². The Hall–Kier alpha value is -3.62. The first-order chi connectivity index (χ1) is 11.5. The van der Waals surface area contributed by atoms with Gasteiger partial charge in [-0.15, -0.1) is 0 Å². The molecular formula is C15H11N3O6. The third kappa shape index (κ3) is 3.09. The summed E-state index contributed by atoms with van der Waals surface area (Å²) in [5, 5.41) is 10.7. The van der Waals surface area contributed by atoms with E-state index in [2.05, 4.69) is 10.9 Å². The molecule has 122 valence electrons. The number of nitro benzene ring substituents is 1. The van der Waals surface area contributed by atoms with Crippen LogP contribution < -0.4 is 20.3 Å². The van der Waals surface area contributed by atoms with Gasteiger partial charge in [-0.05, 0) is 24.3 Å². The molecule has 0 saturated carbocycles. The standard InChI is InChI=1S/C15H11N3O6/c19-14(9-2-1-3-11(6-9)18(21)22)16-17-15(20)10-4-5-12-13(7-10)24-8-23-12/h1-7H,8H2,(H,16,19)(H,17,20). The number of hydrogen-bond acceptors (Lipinski definition) is 6. The van der Waals surface area contributed by atoms with Crippen LogP contribution >= 0.6 is 0 Å². The second-order valence-electron chi connectivity index (χ2n) is 4.78. The minimum absolute atomic E-state index is 0.0511. The molecule has 2 amide bonds. The number of nitro groups is 1. The molecule has 2 N–H and O–H groups in total. The molecule has 1 heterocycles. The summed E-state index contributed by atoms with van der Waals surface area (Å²) in [5.74, 6) is -0.264. The van der Waals surface area contributed by atoms with Crippen molar-refractivity contribution in [3.05, 3.63) is 63.7 Å². The summed E-state index contributed by atoms with van der Waals surface area (Å²) in [6, 6.07) is 9.74. The second kappa shape index (κ2) is 6.24. The molecule has 0 fully saturated rings. The fourth-order valence-electron chi connectivity index (χ4n) is 2.06. The van der Waals surface area contributed by atoms with Gasteiger partial charge in [-0.25, -0.2) is 0 Å². The van der Waals surface area contributed by atoms with E-state index >= 15 is 0 Å². The van der Waals surface area contributed by atoms with Crippen LogP contribution in [-0.4, -0.2) is 23.5 Å². The smallest absolute Gasteiger partial charge is 0.270 e. The number of fused-ring (bicyclic) bond motifs is 1. The lowest BCUT2D eigenvalue weighted by Crippen LogP contribution is -2.41. The maximum atomic E-state index is 12.0. The van der Waals surface area contributed by atoms with Crippen molar-refractivity contribution in [1.29, 1.82) is 0 Å². The van der Waals surface area contributed by atoms with Gasteiger partial charge in [0.2, 0.25) is 6.79 Å².